The number of hydrogen-bond donors (Lipinski definition) is 2. The van der Waals surface area contributed by atoms with Crippen LogP contribution in [0.15, 0.2) is 24.3 Å². The van der Waals surface area contributed by atoms with E-state index < -0.39 is 0 Å². The fourth-order valence-electron chi connectivity index (χ4n) is 1.60. The van der Waals surface area contributed by atoms with E-state index in [1.807, 2.05) is 0 Å². The third-order valence-electron chi connectivity index (χ3n) is 2.62. The quantitative estimate of drug-likeness (QED) is 0.900. The van der Waals surface area contributed by atoms with Gasteiger partial charge in [-0.05, 0) is 18.2 Å². The average Bonchev–Trinajstić information content (AvgIpc) is 2.45. The SMILES string of the molecule is COc1ccc(Nc2nc(N)c(Cl)cc2Cl)c(OC)c1. The Morgan fingerprint density at radius 1 is 1.10 bits per heavy atom. The number of nitrogen functional groups attached to an aromatic ring is 1. The van der Waals surface area contributed by atoms with E-state index in [0.717, 1.165) is 0 Å². The molecular formula is C13H13Cl2N3O2. The first-order valence-corrected chi connectivity index (χ1v) is 6.41. The Morgan fingerprint density at radius 3 is 2.50 bits per heavy atom. The van der Waals surface area contributed by atoms with Crippen molar-refractivity contribution in [3.8, 4) is 11.5 Å². The van der Waals surface area contributed by atoms with Gasteiger partial charge in [0.2, 0.25) is 0 Å². The monoisotopic (exact) mass is 313 g/mol. The molecule has 20 heavy (non-hydrogen) atoms. The summed E-state index contributed by atoms with van der Waals surface area (Å²) < 4.78 is 10.4. The summed E-state index contributed by atoms with van der Waals surface area (Å²) in [5.74, 6) is 1.88. The standard InChI is InChI=1S/C13H13Cl2N3O2/c1-19-7-3-4-10(11(5-7)20-2)17-13-9(15)6-8(14)12(16)18-13/h3-6H,1-2H3,(H3,16,17,18). The number of methoxy groups -OCH3 is 2. The number of pyridine rings is 1. The molecule has 0 saturated carbocycles. The van der Waals surface area contributed by atoms with Crippen molar-refractivity contribution in [2.75, 3.05) is 25.3 Å². The van der Waals surface area contributed by atoms with Crippen LogP contribution in [0.25, 0.3) is 0 Å². The van der Waals surface area contributed by atoms with E-state index in [2.05, 4.69) is 10.3 Å². The number of anilines is 3. The van der Waals surface area contributed by atoms with Crippen LogP contribution in [0.1, 0.15) is 0 Å². The van der Waals surface area contributed by atoms with Crippen LogP contribution in [0.3, 0.4) is 0 Å². The number of rotatable bonds is 4. The topological polar surface area (TPSA) is 69.4 Å². The van der Waals surface area contributed by atoms with E-state index >= 15 is 0 Å². The molecular weight excluding hydrogens is 301 g/mol. The molecule has 0 aliphatic carbocycles. The molecule has 1 aromatic heterocycles. The lowest BCUT2D eigenvalue weighted by Crippen LogP contribution is -2.01. The first-order valence-electron chi connectivity index (χ1n) is 5.65. The largest absolute Gasteiger partial charge is 0.497 e. The lowest BCUT2D eigenvalue weighted by atomic mass is 10.2. The third kappa shape index (κ3) is 3.00. The molecule has 7 heteroatoms. The molecule has 1 aromatic carbocycles. The number of ether oxygens (including phenoxy) is 2. The van der Waals surface area contributed by atoms with Crippen molar-refractivity contribution in [2.45, 2.75) is 0 Å². The Morgan fingerprint density at radius 2 is 1.85 bits per heavy atom. The summed E-state index contributed by atoms with van der Waals surface area (Å²) in [7, 11) is 3.14. The van der Waals surface area contributed by atoms with Gasteiger partial charge in [0, 0.05) is 6.07 Å². The normalized spacial score (nSPS) is 10.2. The summed E-state index contributed by atoms with van der Waals surface area (Å²) in [6, 6.07) is 6.86. The number of nitrogens with one attached hydrogen (secondary N) is 1. The molecule has 106 valence electrons. The van der Waals surface area contributed by atoms with Gasteiger partial charge < -0.3 is 20.5 Å². The van der Waals surface area contributed by atoms with Crippen LogP contribution < -0.4 is 20.5 Å². The van der Waals surface area contributed by atoms with E-state index in [1.165, 1.54) is 6.07 Å². The molecule has 0 saturated heterocycles. The lowest BCUT2D eigenvalue weighted by molar-refractivity contribution is 0.395. The summed E-state index contributed by atoms with van der Waals surface area (Å²) in [4.78, 5) is 4.10. The summed E-state index contributed by atoms with van der Waals surface area (Å²) in [6.07, 6.45) is 0. The van der Waals surface area contributed by atoms with Crippen molar-refractivity contribution in [1.29, 1.82) is 0 Å². The minimum absolute atomic E-state index is 0.200. The Labute approximate surface area is 126 Å². The summed E-state index contributed by atoms with van der Waals surface area (Å²) >= 11 is 11.9. The number of halogens is 2. The molecule has 0 spiro atoms. The maximum atomic E-state index is 6.07. The zero-order valence-corrected chi connectivity index (χ0v) is 12.4. The Kier molecular flexibility index (Phi) is 4.42. The van der Waals surface area contributed by atoms with E-state index in [4.69, 9.17) is 38.4 Å². The molecule has 0 aliphatic heterocycles. The number of aromatic nitrogens is 1. The fourth-order valence-corrected chi connectivity index (χ4v) is 2.00. The zero-order chi connectivity index (χ0) is 14.7. The van der Waals surface area contributed by atoms with Crippen LogP contribution in [-0.2, 0) is 0 Å². The number of nitrogens with zero attached hydrogens (tertiary/aromatic N) is 1. The van der Waals surface area contributed by atoms with Crippen molar-refractivity contribution in [2.24, 2.45) is 0 Å². The van der Waals surface area contributed by atoms with Crippen LogP contribution in [0.4, 0.5) is 17.3 Å². The molecule has 0 atom stereocenters. The maximum Gasteiger partial charge on any atom is 0.151 e. The second kappa shape index (κ2) is 6.07. The first-order chi connectivity index (χ1) is 9.55. The molecule has 2 aromatic rings. The van der Waals surface area contributed by atoms with E-state index in [-0.39, 0.29) is 5.82 Å². The van der Waals surface area contributed by atoms with Crippen molar-refractivity contribution < 1.29 is 9.47 Å². The predicted octanol–water partition coefficient (Wildman–Crippen LogP) is 3.73. The molecule has 0 radical (unpaired) electrons. The molecule has 1 heterocycles. The first kappa shape index (κ1) is 14.6. The second-order valence-electron chi connectivity index (χ2n) is 3.88. The molecule has 2 rings (SSSR count). The van der Waals surface area contributed by atoms with Crippen molar-refractivity contribution in [1.82, 2.24) is 4.98 Å². The molecule has 5 nitrogen and oxygen atoms in total. The van der Waals surface area contributed by atoms with Crippen LogP contribution >= 0.6 is 23.2 Å². The second-order valence-corrected chi connectivity index (χ2v) is 4.69. The minimum Gasteiger partial charge on any atom is -0.497 e. The van der Waals surface area contributed by atoms with Crippen LogP contribution in [0.2, 0.25) is 10.0 Å². The highest BCUT2D eigenvalue weighted by Crippen LogP contribution is 2.34. The highest BCUT2D eigenvalue weighted by Gasteiger charge is 2.11. The number of hydrogen-bond acceptors (Lipinski definition) is 5. The molecule has 0 fully saturated rings. The summed E-state index contributed by atoms with van der Waals surface area (Å²) in [5.41, 5.74) is 6.35. The molecule has 3 N–H and O–H groups in total. The molecule has 0 amide bonds. The van der Waals surface area contributed by atoms with Gasteiger partial charge in [0.1, 0.15) is 17.3 Å². The Bertz CT molecular complexity index is 635. The van der Waals surface area contributed by atoms with Crippen LogP contribution in [-0.4, -0.2) is 19.2 Å². The lowest BCUT2D eigenvalue weighted by Gasteiger charge is -2.13. The average molecular weight is 314 g/mol. The maximum absolute atomic E-state index is 6.07. The van der Waals surface area contributed by atoms with Crippen molar-refractivity contribution in [3.63, 3.8) is 0 Å². The smallest absolute Gasteiger partial charge is 0.151 e. The van der Waals surface area contributed by atoms with Gasteiger partial charge in [-0.1, -0.05) is 23.2 Å². The van der Waals surface area contributed by atoms with Gasteiger partial charge >= 0.3 is 0 Å². The van der Waals surface area contributed by atoms with Gasteiger partial charge in [-0.2, -0.15) is 0 Å². The van der Waals surface area contributed by atoms with Crippen LogP contribution in [0.5, 0.6) is 11.5 Å². The van der Waals surface area contributed by atoms with E-state index in [0.29, 0.717) is 33.0 Å². The van der Waals surface area contributed by atoms with E-state index in [1.54, 1.807) is 32.4 Å². The van der Waals surface area contributed by atoms with Gasteiger partial charge in [-0.15, -0.1) is 0 Å². The highest BCUT2D eigenvalue weighted by molar-refractivity contribution is 6.37. The molecule has 0 bridgehead atoms. The molecule has 0 aliphatic rings. The summed E-state index contributed by atoms with van der Waals surface area (Å²) in [6.45, 7) is 0. The fraction of sp³-hybridized carbons (Fsp3) is 0.154. The predicted molar refractivity (Wildman–Crippen MR) is 81.5 cm³/mol. The minimum atomic E-state index is 0.200. The third-order valence-corrected chi connectivity index (χ3v) is 3.21. The van der Waals surface area contributed by atoms with E-state index in [9.17, 15) is 0 Å². The molecule has 0 unspecified atom stereocenters. The van der Waals surface area contributed by atoms with Crippen LogP contribution in [0, 0.1) is 0 Å². The van der Waals surface area contributed by atoms with Gasteiger partial charge in [-0.25, -0.2) is 4.98 Å². The van der Waals surface area contributed by atoms with Gasteiger partial charge in [0.25, 0.3) is 0 Å². The number of benzene rings is 1. The Balaban J connectivity index is 2.37. The summed E-state index contributed by atoms with van der Waals surface area (Å²) in [5, 5.41) is 3.72. The van der Waals surface area contributed by atoms with Gasteiger partial charge in [0.15, 0.2) is 5.82 Å². The van der Waals surface area contributed by atoms with Gasteiger partial charge in [0.05, 0.1) is 30.0 Å². The Hall–Kier alpha value is -1.85. The highest BCUT2D eigenvalue weighted by atomic mass is 35.5. The van der Waals surface area contributed by atoms with Crippen molar-refractivity contribution in [3.05, 3.63) is 34.3 Å². The zero-order valence-electron chi connectivity index (χ0n) is 10.9. The number of nitrogens with two attached hydrogens (primary N) is 1. The van der Waals surface area contributed by atoms with Gasteiger partial charge in [-0.3, -0.25) is 0 Å². The van der Waals surface area contributed by atoms with Crippen molar-refractivity contribution >= 4 is 40.5 Å².